The zero-order chi connectivity index (χ0) is 13.5. The van der Waals surface area contributed by atoms with Gasteiger partial charge in [-0.1, -0.05) is 15.9 Å². The van der Waals surface area contributed by atoms with Crippen molar-refractivity contribution in [3.05, 3.63) is 28.9 Å². The second-order valence-corrected chi connectivity index (χ2v) is 6.15. The number of nitrogen functional groups attached to an aromatic ring is 1. The molecule has 1 unspecified atom stereocenters. The van der Waals surface area contributed by atoms with Crippen LogP contribution in [0.15, 0.2) is 28.9 Å². The van der Waals surface area contributed by atoms with Gasteiger partial charge in [0.1, 0.15) is 0 Å². The van der Waals surface area contributed by atoms with Gasteiger partial charge in [0, 0.05) is 16.5 Å². The summed E-state index contributed by atoms with van der Waals surface area (Å²) < 4.78 is 6.50. The molecule has 2 aromatic rings. The van der Waals surface area contributed by atoms with Gasteiger partial charge < -0.3 is 15.8 Å². The van der Waals surface area contributed by atoms with Crippen molar-refractivity contribution in [2.24, 2.45) is 0 Å². The van der Waals surface area contributed by atoms with E-state index >= 15 is 0 Å². The highest BCUT2D eigenvalue weighted by Crippen LogP contribution is 2.34. The normalized spacial score (nSPS) is 22.8. The maximum absolute atomic E-state index is 6.09. The monoisotopic (exact) mass is 321 g/mol. The molecule has 0 radical (unpaired) electrons. The molecule has 0 amide bonds. The summed E-state index contributed by atoms with van der Waals surface area (Å²) in [7, 11) is 0. The molecule has 0 bridgehead atoms. The summed E-state index contributed by atoms with van der Waals surface area (Å²) >= 11 is 3.50. The van der Waals surface area contributed by atoms with Gasteiger partial charge >= 0.3 is 0 Å². The fraction of sp³-hybridized carbons (Fsp3) is 0.357. The molecule has 0 saturated carbocycles. The lowest BCUT2D eigenvalue weighted by Gasteiger charge is -2.26. The SMILES string of the molecule is CC1(Nc2c(N)cnc3ccc(Br)cc23)CCOC1. The van der Waals surface area contributed by atoms with E-state index in [2.05, 4.69) is 33.2 Å². The van der Waals surface area contributed by atoms with Gasteiger partial charge in [-0.25, -0.2) is 0 Å². The summed E-state index contributed by atoms with van der Waals surface area (Å²) in [5, 5.41) is 4.58. The van der Waals surface area contributed by atoms with Crippen LogP contribution in [0.3, 0.4) is 0 Å². The van der Waals surface area contributed by atoms with E-state index in [0.717, 1.165) is 34.1 Å². The van der Waals surface area contributed by atoms with Crippen LogP contribution in [0.2, 0.25) is 0 Å². The summed E-state index contributed by atoms with van der Waals surface area (Å²) in [5.74, 6) is 0. The maximum atomic E-state index is 6.09. The quantitative estimate of drug-likeness (QED) is 0.891. The third kappa shape index (κ3) is 2.40. The van der Waals surface area contributed by atoms with Crippen molar-refractivity contribution in [2.45, 2.75) is 18.9 Å². The van der Waals surface area contributed by atoms with Crippen LogP contribution in [0.25, 0.3) is 10.9 Å². The minimum Gasteiger partial charge on any atom is -0.396 e. The number of nitrogens with zero attached hydrogens (tertiary/aromatic N) is 1. The Morgan fingerprint density at radius 3 is 3.05 bits per heavy atom. The van der Waals surface area contributed by atoms with Gasteiger partial charge in [-0.05, 0) is 31.5 Å². The van der Waals surface area contributed by atoms with E-state index in [9.17, 15) is 0 Å². The Kier molecular flexibility index (Phi) is 3.11. The smallest absolute Gasteiger partial charge is 0.0743 e. The number of anilines is 2. The molecule has 3 N–H and O–H groups in total. The van der Waals surface area contributed by atoms with Crippen molar-refractivity contribution >= 4 is 38.2 Å². The second kappa shape index (κ2) is 4.65. The standard InChI is InChI=1S/C14H16BrN3O/c1-14(4-5-19-8-14)18-13-10-6-9(15)2-3-12(10)17-7-11(13)16/h2-3,6-7H,4-5,8,16H2,1H3,(H,17,18). The molecule has 0 spiro atoms. The molecule has 5 heteroatoms. The van der Waals surface area contributed by atoms with Crippen molar-refractivity contribution in [1.29, 1.82) is 0 Å². The Labute approximate surface area is 120 Å². The number of halogens is 1. The van der Waals surface area contributed by atoms with Gasteiger partial charge in [0.15, 0.2) is 0 Å². The molecular formula is C14H16BrN3O. The van der Waals surface area contributed by atoms with Crippen LogP contribution in [0.1, 0.15) is 13.3 Å². The number of ether oxygens (including phenoxy) is 1. The lowest BCUT2D eigenvalue weighted by atomic mass is 10.0. The first-order valence-corrected chi connectivity index (χ1v) is 7.06. The average molecular weight is 322 g/mol. The van der Waals surface area contributed by atoms with Gasteiger partial charge in [0.25, 0.3) is 0 Å². The topological polar surface area (TPSA) is 60.2 Å². The summed E-state index contributed by atoms with van der Waals surface area (Å²) in [6, 6.07) is 6.01. The Bertz CT molecular complexity index is 618. The van der Waals surface area contributed by atoms with Crippen LogP contribution in [0, 0.1) is 0 Å². The van der Waals surface area contributed by atoms with Gasteiger partial charge in [0.05, 0.1) is 35.2 Å². The molecule has 1 atom stereocenters. The molecule has 19 heavy (non-hydrogen) atoms. The van der Waals surface area contributed by atoms with Gasteiger partial charge in [-0.2, -0.15) is 0 Å². The summed E-state index contributed by atoms with van der Waals surface area (Å²) in [4.78, 5) is 4.36. The predicted molar refractivity (Wildman–Crippen MR) is 81.3 cm³/mol. The first-order chi connectivity index (χ1) is 9.07. The van der Waals surface area contributed by atoms with Crippen molar-refractivity contribution < 1.29 is 4.74 Å². The lowest BCUT2D eigenvalue weighted by molar-refractivity contribution is 0.185. The van der Waals surface area contributed by atoms with Crippen molar-refractivity contribution in [3.8, 4) is 0 Å². The van der Waals surface area contributed by atoms with Crippen LogP contribution < -0.4 is 11.1 Å². The van der Waals surface area contributed by atoms with E-state index in [1.165, 1.54) is 0 Å². The van der Waals surface area contributed by atoms with E-state index in [0.29, 0.717) is 12.3 Å². The van der Waals surface area contributed by atoms with E-state index in [1.54, 1.807) is 6.20 Å². The Balaban J connectivity index is 2.10. The van der Waals surface area contributed by atoms with Crippen molar-refractivity contribution in [3.63, 3.8) is 0 Å². The van der Waals surface area contributed by atoms with Gasteiger partial charge in [-0.3, -0.25) is 4.98 Å². The molecule has 1 aliphatic heterocycles. The third-order valence-corrected chi connectivity index (χ3v) is 4.00. The summed E-state index contributed by atoms with van der Waals surface area (Å²) in [5.41, 5.74) is 8.57. The molecule has 1 fully saturated rings. The summed E-state index contributed by atoms with van der Waals surface area (Å²) in [6.45, 7) is 3.64. The predicted octanol–water partition coefficient (Wildman–Crippen LogP) is 3.17. The van der Waals surface area contributed by atoms with Crippen LogP contribution >= 0.6 is 15.9 Å². The number of hydrogen-bond donors (Lipinski definition) is 2. The van der Waals surface area contributed by atoms with Crippen LogP contribution in [0.4, 0.5) is 11.4 Å². The highest BCUT2D eigenvalue weighted by Gasteiger charge is 2.30. The zero-order valence-corrected chi connectivity index (χ0v) is 12.3. The molecule has 0 aliphatic carbocycles. The van der Waals surface area contributed by atoms with E-state index in [-0.39, 0.29) is 5.54 Å². The van der Waals surface area contributed by atoms with E-state index in [4.69, 9.17) is 10.5 Å². The second-order valence-electron chi connectivity index (χ2n) is 5.24. The molecule has 1 aromatic heterocycles. The molecule has 100 valence electrons. The largest absolute Gasteiger partial charge is 0.396 e. The van der Waals surface area contributed by atoms with Crippen molar-refractivity contribution in [1.82, 2.24) is 4.98 Å². The first kappa shape index (κ1) is 12.7. The number of rotatable bonds is 2. The number of fused-ring (bicyclic) bond motifs is 1. The third-order valence-electron chi connectivity index (χ3n) is 3.50. The van der Waals surface area contributed by atoms with Crippen LogP contribution in [-0.2, 0) is 4.74 Å². The lowest BCUT2D eigenvalue weighted by Crippen LogP contribution is -2.35. The maximum Gasteiger partial charge on any atom is 0.0743 e. The molecule has 1 aliphatic rings. The van der Waals surface area contributed by atoms with Gasteiger partial charge in [-0.15, -0.1) is 0 Å². The van der Waals surface area contributed by atoms with Crippen LogP contribution in [-0.4, -0.2) is 23.7 Å². The number of aromatic nitrogens is 1. The van der Waals surface area contributed by atoms with Crippen molar-refractivity contribution in [2.75, 3.05) is 24.3 Å². The highest BCUT2D eigenvalue weighted by molar-refractivity contribution is 9.10. The molecule has 2 heterocycles. The Morgan fingerprint density at radius 2 is 2.32 bits per heavy atom. The summed E-state index contributed by atoms with van der Waals surface area (Å²) in [6.07, 6.45) is 2.68. The van der Waals surface area contributed by atoms with E-state index < -0.39 is 0 Å². The minimum absolute atomic E-state index is 0.0648. The fourth-order valence-corrected chi connectivity index (χ4v) is 2.75. The number of nitrogens with one attached hydrogen (secondary N) is 1. The highest BCUT2D eigenvalue weighted by atomic mass is 79.9. The molecule has 1 saturated heterocycles. The molecule has 4 nitrogen and oxygen atoms in total. The Hall–Kier alpha value is -1.33. The average Bonchev–Trinajstić information content (AvgIpc) is 2.80. The Morgan fingerprint density at radius 1 is 1.47 bits per heavy atom. The molecular weight excluding hydrogens is 306 g/mol. The first-order valence-electron chi connectivity index (χ1n) is 6.27. The number of pyridine rings is 1. The number of benzene rings is 1. The minimum atomic E-state index is -0.0648. The van der Waals surface area contributed by atoms with E-state index in [1.807, 2.05) is 18.2 Å². The zero-order valence-electron chi connectivity index (χ0n) is 10.7. The van der Waals surface area contributed by atoms with Gasteiger partial charge in [0.2, 0.25) is 0 Å². The number of nitrogens with two attached hydrogens (primary N) is 1. The van der Waals surface area contributed by atoms with Crippen LogP contribution in [0.5, 0.6) is 0 Å². The molecule has 3 rings (SSSR count). The number of hydrogen-bond acceptors (Lipinski definition) is 4. The molecule has 1 aromatic carbocycles. The fourth-order valence-electron chi connectivity index (χ4n) is 2.39.